The van der Waals surface area contributed by atoms with Gasteiger partial charge in [0.15, 0.2) is 11.2 Å². The van der Waals surface area contributed by atoms with Crippen LogP contribution in [0.1, 0.15) is 0 Å². The molecule has 2 aromatic heterocycles. The van der Waals surface area contributed by atoms with Gasteiger partial charge in [-0.15, -0.1) is 4.52 Å². The second-order valence-electron chi connectivity index (χ2n) is 4.88. The number of fused-ring (bicyclic) bond motifs is 3. The summed E-state index contributed by atoms with van der Waals surface area (Å²) >= 11 is 0. The molecule has 2 aromatic carbocycles. The zero-order valence-corrected chi connectivity index (χ0v) is 11.2. The van der Waals surface area contributed by atoms with Crippen LogP contribution >= 0.6 is 0 Å². The maximum absolute atomic E-state index is 13.4. The fourth-order valence-electron chi connectivity index (χ4n) is 2.52. The summed E-state index contributed by atoms with van der Waals surface area (Å²) in [6, 6.07) is 12.7. The number of para-hydroxylation sites is 2. The monoisotopic (exact) mass is 297 g/mol. The number of aromatic amines is 2. The van der Waals surface area contributed by atoms with Crippen LogP contribution in [0.4, 0.5) is 4.39 Å². The Hall–Kier alpha value is -3.22. The molecule has 2 heterocycles. The number of hydrogen-bond donors (Lipinski definition) is 2. The van der Waals surface area contributed by atoms with Gasteiger partial charge in [0.05, 0.1) is 5.52 Å². The van der Waals surface area contributed by atoms with Crippen molar-refractivity contribution in [2.24, 2.45) is 0 Å². The van der Waals surface area contributed by atoms with E-state index in [1.807, 2.05) is 0 Å². The molecule has 0 saturated carbocycles. The van der Waals surface area contributed by atoms with Crippen molar-refractivity contribution in [1.29, 1.82) is 0 Å². The molecule has 0 amide bonds. The molecule has 0 aliphatic rings. The molecule has 0 fully saturated rings. The van der Waals surface area contributed by atoms with Crippen molar-refractivity contribution < 1.29 is 8.91 Å². The van der Waals surface area contributed by atoms with Crippen molar-refractivity contribution in [3.05, 3.63) is 75.1 Å². The van der Waals surface area contributed by atoms with E-state index >= 15 is 0 Å². The van der Waals surface area contributed by atoms with Crippen LogP contribution in [-0.4, -0.2) is 14.9 Å². The van der Waals surface area contributed by atoms with Crippen LogP contribution in [0.25, 0.3) is 22.2 Å². The molecule has 7 heteroatoms. The van der Waals surface area contributed by atoms with Gasteiger partial charge in [-0.1, -0.05) is 28.1 Å². The van der Waals surface area contributed by atoms with E-state index in [2.05, 4.69) is 10.2 Å². The number of hydrogen-bond acceptors (Lipinski definition) is 2. The molecular formula is C15H10FN4O2+. The minimum absolute atomic E-state index is 0.0528. The molecule has 0 aliphatic heterocycles. The third kappa shape index (κ3) is 1.69. The Balaban J connectivity index is 2.17. The molecule has 0 radical (unpaired) electrons. The van der Waals surface area contributed by atoms with Crippen molar-refractivity contribution in [1.82, 2.24) is 14.9 Å². The molecular weight excluding hydrogens is 287 g/mol. The summed E-state index contributed by atoms with van der Waals surface area (Å²) in [5, 5.41) is 2.83. The highest BCUT2D eigenvalue weighted by molar-refractivity contribution is 5.71. The predicted molar refractivity (Wildman–Crippen MR) is 77.6 cm³/mol. The average Bonchev–Trinajstić information content (AvgIpc) is 2.86. The summed E-state index contributed by atoms with van der Waals surface area (Å²) in [7, 11) is 0. The van der Waals surface area contributed by atoms with Crippen molar-refractivity contribution >= 4 is 16.6 Å². The third-order valence-electron chi connectivity index (χ3n) is 3.50. The third-order valence-corrected chi connectivity index (χ3v) is 3.50. The highest BCUT2D eigenvalue weighted by atomic mass is 19.1. The quantitative estimate of drug-likeness (QED) is 0.512. The average molecular weight is 297 g/mol. The molecule has 0 atom stereocenters. The van der Waals surface area contributed by atoms with Gasteiger partial charge in [-0.25, -0.2) is 9.18 Å². The van der Waals surface area contributed by atoms with Gasteiger partial charge in [0, 0.05) is 6.07 Å². The van der Waals surface area contributed by atoms with Gasteiger partial charge in [-0.3, -0.25) is 4.79 Å². The minimum Gasteiger partial charge on any atom is -0.315 e. The smallest absolute Gasteiger partial charge is 0.315 e. The lowest BCUT2D eigenvalue weighted by atomic mass is 10.3. The van der Waals surface area contributed by atoms with Crippen LogP contribution in [0, 0.1) is 5.82 Å². The van der Waals surface area contributed by atoms with Gasteiger partial charge in [0.2, 0.25) is 0 Å². The van der Waals surface area contributed by atoms with Gasteiger partial charge >= 0.3 is 16.6 Å². The summed E-state index contributed by atoms with van der Waals surface area (Å²) < 4.78 is 15.9. The van der Waals surface area contributed by atoms with E-state index < -0.39 is 16.9 Å². The topological polar surface area (TPSA) is 74.8 Å². The first-order chi connectivity index (χ1) is 10.6. The molecule has 22 heavy (non-hydrogen) atoms. The van der Waals surface area contributed by atoms with Crippen LogP contribution in [-0.2, 0) is 0 Å². The molecule has 2 N–H and O–H groups in total. The van der Waals surface area contributed by atoms with E-state index in [1.165, 1.54) is 22.7 Å². The number of nitrogens with one attached hydrogen (secondary N) is 2. The van der Waals surface area contributed by atoms with Crippen LogP contribution in [0.3, 0.4) is 0 Å². The van der Waals surface area contributed by atoms with E-state index in [-0.39, 0.29) is 5.52 Å². The fourth-order valence-corrected chi connectivity index (χ4v) is 2.52. The van der Waals surface area contributed by atoms with Crippen LogP contribution in [0.5, 0.6) is 0 Å². The molecule has 0 spiro atoms. The van der Waals surface area contributed by atoms with Gasteiger partial charge in [0.1, 0.15) is 5.82 Å². The fraction of sp³-hybridized carbons (Fsp3) is 0. The van der Waals surface area contributed by atoms with E-state index in [0.717, 1.165) is 4.68 Å². The zero-order chi connectivity index (χ0) is 15.3. The Morgan fingerprint density at radius 1 is 1.05 bits per heavy atom. The molecule has 0 saturated heterocycles. The van der Waals surface area contributed by atoms with Gasteiger partial charge in [0.25, 0.3) is 0 Å². The van der Waals surface area contributed by atoms with Gasteiger partial charge in [-0.2, -0.15) is 0 Å². The Morgan fingerprint density at radius 2 is 1.86 bits per heavy atom. The molecule has 0 bridgehead atoms. The highest BCUT2D eigenvalue weighted by Gasteiger charge is 2.22. The second kappa shape index (κ2) is 4.39. The first-order valence-corrected chi connectivity index (χ1v) is 6.59. The lowest BCUT2D eigenvalue weighted by Crippen LogP contribution is -2.33. The van der Waals surface area contributed by atoms with Crippen molar-refractivity contribution in [3.8, 4) is 5.69 Å². The number of aromatic nitrogens is 4. The summed E-state index contributed by atoms with van der Waals surface area (Å²) in [5.74, 6) is -0.466. The minimum atomic E-state index is -0.544. The molecule has 108 valence electrons. The van der Waals surface area contributed by atoms with E-state index in [0.29, 0.717) is 16.7 Å². The molecule has 4 aromatic rings. The Bertz CT molecular complexity index is 1140. The number of H-pyrrole nitrogens is 2. The number of benzene rings is 2. The standard InChI is InChI=1S/C15H9FN4O2/c16-9-4-3-5-10(8-9)19-15(22)13-14(21)17-11-6-1-2-7-12(11)20(13)18-19/h1-8H,(H-,17,18,21,22)/p+1. The largest absolute Gasteiger partial charge is 0.412 e. The maximum Gasteiger partial charge on any atom is 0.412 e. The van der Waals surface area contributed by atoms with Crippen molar-refractivity contribution in [2.45, 2.75) is 0 Å². The molecule has 0 aliphatic carbocycles. The highest BCUT2D eigenvalue weighted by Crippen LogP contribution is 2.07. The first kappa shape index (κ1) is 12.5. The van der Waals surface area contributed by atoms with Crippen molar-refractivity contribution in [2.75, 3.05) is 0 Å². The maximum atomic E-state index is 13.4. The first-order valence-electron chi connectivity index (χ1n) is 6.59. The SMILES string of the molecule is O=c1[nH]c2ccccc2[n+]2[nH]n(-c3cccc(F)c3)c(=O)c12. The summed E-state index contributed by atoms with van der Waals surface area (Å²) in [4.78, 5) is 27.3. The van der Waals surface area contributed by atoms with E-state index in [4.69, 9.17) is 0 Å². The molecule has 0 unspecified atom stereocenters. The van der Waals surface area contributed by atoms with Gasteiger partial charge < -0.3 is 4.98 Å². The predicted octanol–water partition coefficient (Wildman–Crippen LogP) is 0.885. The molecule has 6 nitrogen and oxygen atoms in total. The Morgan fingerprint density at radius 3 is 2.68 bits per heavy atom. The van der Waals surface area contributed by atoms with Crippen LogP contribution in [0.2, 0.25) is 0 Å². The number of halogens is 1. The van der Waals surface area contributed by atoms with E-state index in [1.54, 1.807) is 30.3 Å². The van der Waals surface area contributed by atoms with Crippen LogP contribution in [0.15, 0.2) is 58.1 Å². The lowest BCUT2D eigenvalue weighted by Gasteiger charge is -1.95. The normalized spacial score (nSPS) is 11.3. The van der Waals surface area contributed by atoms with Crippen molar-refractivity contribution in [3.63, 3.8) is 0 Å². The Kier molecular flexibility index (Phi) is 2.50. The number of rotatable bonds is 1. The van der Waals surface area contributed by atoms with Crippen LogP contribution < -0.4 is 15.6 Å². The summed E-state index contributed by atoms with van der Waals surface area (Å²) in [6.45, 7) is 0. The Labute approximate surface area is 122 Å². The van der Waals surface area contributed by atoms with Gasteiger partial charge in [-0.05, 0) is 24.3 Å². The summed E-state index contributed by atoms with van der Waals surface area (Å²) in [6.07, 6.45) is 0. The van der Waals surface area contributed by atoms with E-state index in [9.17, 15) is 14.0 Å². The summed E-state index contributed by atoms with van der Waals surface area (Å²) in [5.41, 5.74) is 0.454. The molecule has 4 rings (SSSR count). The zero-order valence-electron chi connectivity index (χ0n) is 11.2. The number of nitrogens with zero attached hydrogens (tertiary/aromatic N) is 2. The lowest BCUT2D eigenvalue weighted by molar-refractivity contribution is -0.556. The second-order valence-corrected chi connectivity index (χ2v) is 4.88.